The number of hydrogen-bond donors (Lipinski definition) is 2. The van der Waals surface area contributed by atoms with Gasteiger partial charge in [-0.3, -0.25) is 9.69 Å². The van der Waals surface area contributed by atoms with Gasteiger partial charge in [-0.05, 0) is 44.6 Å². The van der Waals surface area contributed by atoms with Gasteiger partial charge in [-0.15, -0.1) is 11.8 Å². The first-order valence-corrected chi connectivity index (χ1v) is 7.01. The van der Waals surface area contributed by atoms with Gasteiger partial charge in [0.15, 0.2) is 0 Å². The monoisotopic (exact) mass is 265 g/mol. The van der Waals surface area contributed by atoms with Crippen LogP contribution in [0.4, 0.5) is 5.69 Å². The van der Waals surface area contributed by atoms with Crippen LogP contribution in [-0.2, 0) is 11.2 Å². The first kappa shape index (κ1) is 13.4. The number of fused-ring (bicyclic) bond motifs is 1. The highest BCUT2D eigenvalue weighted by molar-refractivity contribution is 8.00. The highest BCUT2D eigenvalue weighted by Crippen LogP contribution is 2.39. The van der Waals surface area contributed by atoms with Crippen LogP contribution >= 0.6 is 11.8 Å². The van der Waals surface area contributed by atoms with Gasteiger partial charge in [0.1, 0.15) is 0 Å². The molecule has 18 heavy (non-hydrogen) atoms. The molecule has 0 bridgehead atoms. The van der Waals surface area contributed by atoms with Gasteiger partial charge in [0, 0.05) is 4.90 Å². The van der Waals surface area contributed by atoms with Crippen LogP contribution in [0, 0.1) is 0 Å². The number of likely N-dealkylation sites (N-methyl/N-ethyl adjacent to an activating group) is 1. The molecule has 0 radical (unpaired) electrons. The number of amides is 1. The third-order valence-corrected chi connectivity index (χ3v) is 4.23. The molecule has 1 atom stereocenters. The van der Waals surface area contributed by atoms with Gasteiger partial charge < -0.3 is 11.1 Å². The van der Waals surface area contributed by atoms with Crippen molar-refractivity contribution in [2.75, 3.05) is 25.2 Å². The predicted octanol–water partition coefficient (Wildman–Crippen LogP) is 1.19. The zero-order valence-corrected chi connectivity index (χ0v) is 11.6. The second-order valence-corrected chi connectivity index (χ2v) is 5.75. The lowest BCUT2D eigenvalue weighted by molar-refractivity contribution is -0.118. The molecule has 98 valence electrons. The van der Waals surface area contributed by atoms with E-state index in [1.807, 2.05) is 14.0 Å². The van der Waals surface area contributed by atoms with Gasteiger partial charge in [-0.2, -0.15) is 0 Å². The number of anilines is 1. The minimum Gasteiger partial charge on any atom is -0.319 e. The first-order chi connectivity index (χ1) is 8.67. The molecule has 0 aromatic heterocycles. The van der Waals surface area contributed by atoms with E-state index in [4.69, 9.17) is 5.73 Å². The molecule has 1 unspecified atom stereocenters. The standard InChI is InChI=1S/C13H19N3OS/c1-9-13(17)16(8-14)11-7-10(5-6-15-2)3-4-12(11)18-9/h3-4,7,9,15H,5-6,8,14H2,1-2H3. The van der Waals surface area contributed by atoms with Gasteiger partial charge in [-0.1, -0.05) is 6.07 Å². The number of hydrogen-bond acceptors (Lipinski definition) is 4. The molecule has 0 saturated heterocycles. The summed E-state index contributed by atoms with van der Waals surface area (Å²) < 4.78 is 0. The predicted molar refractivity (Wildman–Crippen MR) is 75.9 cm³/mol. The van der Waals surface area contributed by atoms with E-state index in [1.165, 1.54) is 5.56 Å². The van der Waals surface area contributed by atoms with E-state index < -0.39 is 0 Å². The number of nitrogens with one attached hydrogen (secondary N) is 1. The van der Waals surface area contributed by atoms with E-state index in [9.17, 15) is 4.79 Å². The minimum atomic E-state index is -0.0517. The van der Waals surface area contributed by atoms with Crippen LogP contribution in [0.25, 0.3) is 0 Å². The summed E-state index contributed by atoms with van der Waals surface area (Å²) in [6, 6.07) is 6.30. The number of carbonyl (C=O) groups excluding carboxylic acids is 1. The SMILES string of the molecule is CNCCc1ccc2c(c1)N(CN)C(=O)C(C)S2. The molecule has 3 N–H and O–H groups in total. The molecular formula is C13H19N3OS. The fourth-order valence-electron chi connectivity index (χ4n) is 2.07. The molecule has 2 rings (SSSR count). The van der Waals surface area contributed by atoms with Crippen molar-refractivity contribution >= 4 is 23.4 Å². The average Bonchev–Trinajstić information content (AvgIpc) is 2.38. The van der Waals surface area contributed by atoms with Crippen LogP contribution in [0.2, 0.25) is 0 Å². The molecule has 0 aliphatic carbocycles. The van der Waals surface area contributed by atoms with Crippen molar-refractivity contribution in [2.24, 2.45) is 5.73 Å². The number of thioether (sulfide) groups is 1. The van der Waals surface area contributed by atoms with Crippen molar-refractivity contribution in [2.45, 2.75) is 23.5 Å². The second kappa shape index (κ2) is 5.73. The first-order valence-electron chi connectivity index (χ1n) is 6.13. The van der Waals surface area contributed by atoms with Crippen molar-refractivity contribution in [3.63, 3.8) is 0 Å². The molecule has 4 nitrogen and oxygen atoms in total. The van der Waals surface area contributed by atoms with Crippen molar-refractivity contribution < 1.29 is 4.79 Å². The number of benzene rings is 1. The van der Waals surface area contributed by atoms with Crippen LogP contribution in [0.15, 0.2) is 23.1 Å². The van der Waals surface area contributed by atoms with Crippen molar-refractivity contribution in [1.29, 1.82) is 0 Å². The van der Waals surface area contributed by atoms with Gasteiger partial charge in [0.25, 0.3) is 0 Å². The van der Waals surface area contributed by atoms with Gasteiger partial charge in [-0.25, -0.2) is 0 Å². The number of nitrogens with two attached hydrogens (primary N) is 1. The Morgan fingerprint density at radius 3 is 2.94 bits per heavy atom. The van der Waals surface area contributed by atoms with Crippen molar-refractivity contribution in [3.8, 4) is 0 Å². The molecule has 1 aliphatic heterocycles. The number of nitrogens with zero attached hydrogens (tertiary/aromatic N) is 1. The molecule has 0 spiro atoms. The van der Waals surface area contributed by atoms with E-state index in [1.54, 1.807) is 16.7 Å². The van der Waals surface area contributed by atoms with E-state index in [2.05, 4.69) is 23.5 Å². The van der Waals surface area contributed by atoms with Crippen LogP contribution in [0.5, 0.6) is 0 Å². The average molecular weight is 265 g/mol. The lowest BCUT2D eigenvalue weighted by Gasteiger charge is -2.31. The molecule has 0 fully saturated rings. The number of carbonyl (C=O) groups is 1. The topological polar surface area (TPSA) is 58.4 Å². The van der Waals surface area contributed by atoms with E-state index in [-0.39, 0.29) is 17.8 Å². The Bertz CT molecular complexity index is 450. The molecule has 5 heteroatoms. The van der Waals surface area contributed by atoms with Crippen LogP contribution < -0.4 is 16.0 Å². The smallest absolute Gasteiger partial charge is 0.241 e. The molecule has 1 amide bonds. The largest absolute Gasteiger partial charge is 0.319 e. The summed E-state index contributed by atoms with van der Waals surface area (Å²) in [5.41, 5.74) is 7.89. The van der Waals surface area contributed by atoms with E-state index >= 15 is 0 Å². The Labute approximate surface area is 112 Å². The molecule has 1 aromatic rings. The Morgan fingerprint density at radius 2 is 2.28 bits per heavy atom. The Balaban J connectivity index is 2.32. The highest BCUT2D eigenvalue weighted by atomic mass is 32.2. The molecule has 0 saturated carbocycles. The van der Waals surface area contributed by atoms with Crippen LogP contribution in [0.1, 0.15) is 12.5 Å². The van der Waals surface area contributed by atoms with Gasteiger partial charge in [0.2, 0.25) is 5.91 Å². The summed E-state index contributed by atoms with van der Waals surface area (Å²) in [5, 5.41) is 3.08. The fourth-order valence-corrected chi connectivity index (χ4v) is 3.11. The third kappa shape index (κ3) is 2.53. The summed E-state index contributed by atoms with van der Waals surface area (Å²) in [4.78, 5) is 14.9. The molecular weight excluding hydrogens is 246 g/mol. The van der Waals surface area contributed by atoms with Crippen molar-refractivity contribution in [1.82, 2.24) is 5.32 Å². The normalized spacial score (nSPS) is 18.9. The van der Waals surface area contributed by atoms with Gasteiger partial charge in [0.05, 0.1) is 17.6 Å². The highest BCUT2D eigenvalue weighted by Gasteiger charge is 2.29. The summed E-state index contributed by atoms with van der Waals surface area (Å²) in [7, 11) is 1.94. The zero-order valence-electron chi connectivity index (χ0n) is 10.8. The zero-order chi connectivity index (χ0) is 13.1. The molecule has 1 heterocycles. The Morgan fingerprint density at radius 1 is 1.50 bits per heavy atom. The maximum atomic E-state index is 12.1. The Hall–Kier alpha value is -1.04. The van der Waals surface area contributed by atoms with E-state index in [0.29, 0.717) is 0 Å². The fraction of sp³-hybridized carbons (Fsp3) is 0.462. The summed E-state index contributed by atoms with van der Waals surface area (Å²) >= 11 is 1.61. The number of rotatable bonds is 4. The Kier molecular flexibility index (Phi) is 4.27. The lowest BCUT2D eigenvalue weighted by Crippen LogP contribution is -2.43. The minimum absolute atomic E-state index is 0.0517. The maximum Gasteiger partial charge on any atom is 0.241 e. The summed E-state index contributed by atoms with van der Waals surface area (Å²) in [6.45, 7) is 3.10. The quantitative estimate of drug-likeness (QED) is 0.858. The van der Waals surface area contributed by atoms with Crippen LogP contribution in [-0.4, -0.2) is 31.4 Å². The van der Waals surface area contributed by atoms with Crippen molar-refractivity contribution in [3.05, 3.63) is 23.8 Å². The van der Waals surface area contributed by atoms with Gasteiger partial charge >= 0.3 is 0 Å². The summed E-state index contributed by atoms with van der Waals surface area (Å²) in [5.74, 6) is 0.0979. The third-order valence-electron chi connectivity index (χ3n) is 3.08. The lowest BCUT2D eigenvalue weighted by atomic mass is 10.1. The second-order valence-electron chi connectivity index (χ2n) is 4.36. The molecule has 1 aliphatic rings. The van der Waals surface area contributed by atoms with Crippen LogP contribution in [0.3, 0.4) is 0 Å². The van der Waals surface area contributed by atoms with E-state index in [0.717, 1.165) is 23.5 Å². The summed E-state index contributed by atoms with van der Waals surface area (Å²) in [6.07, 6.45) is 0.955. The maximum absolute atomic E-state index is 12.1. The molecule has 1 aromatic carbocycles.